The summed E-state index contributed by atoms with van der Waals surface area (Å²) in [5, 5.41) is 0. The van der Waals surface area contributed by atoms with E-state index < -0.39 is 0 Å². The second kappa shape index (κ2) is 5.50. The molecule has 1 spiro atoms. The van der Waals surface area contributed by atoms with E-state index in [4.69, 9.17) is 10.5 Å². The van der Waals surface area contributed by atoms with E-state index >= 15 is 0 Å². The smallest absolute Gasteiger partial charge is 0.0691 e. The van der Waals surface area contributed by atoms with Crippen LogP contribution in [0.2, 0.25) is 0 Å². The Morgan fingerprint density at radius 1 is 1.20 bits per heavy atom. The van der Waals surface area contributed by atoms with Gasteiger partial charge in [-0.25, -0.2) is 0 Å². The van der Waals surface area contributed by atoms with Crippen molar-refractivity contribution in [2.75, 3.05) is 13.2 Å². The van der Waals surface area contributed by atoms with Gasteiger partial charge < -0.3 is 10.5 Å². The van der Waals surface area contributed by atoms with Gasteiger partial charge in [0.25, 0.3) is 0 Å². The molecule has 2 aliphatic rings. The van der Waals surface area contributed by atoms with Gasteiger partial charge in [0.1, 0.15) is 0 Å². The molecule has 1 saturated heterocycles. The molecule has 110 valence electrons. The monoisotopic (exact) mass is 273 g/mol. The molecule has 1 aromatic rings. The van der Waals surface area contributed by atoms with E-state index in [1.54, 1.807) is 0 Å². The summed E-state index contributed by atoms with van der Waals surface area (Å²) in [6, 6.07) is 9.05. The minimum Gasteiger partial charge on any atom is -0.375 e. The van der Waals surface area contributed by atoms with Gasteiger partial charge in [-0.1, -0.05) is 42.7 Å². The number of hydrogen-bond donors (Lipinski definition) is 1. The molecule has 0 radical (unpaired) electrons. The lowest BCUT2D eigenvalue weighted by molar-refractivity contribution is -0.103. The SMILES string of the molecule is Cc1cccc([C@]2(CCN)CCOC3(CCCC3)C2)c1. The first-order chi connectivity index (χ1) is 9.68. The molecule has 1 aromatic carbocycles. The zero-order chi connectivity index (χ0) is 14.1. The fourth-order valence-corrected chi connectivity index (χ4v) is 4.41. The van der Waals surface area contributed by atoms with Gasteiger partial charge >= 0.3 is 0 Å². The Labute approximate surface area is 122 Å². The summed E-state index contributed by atoms with van der Waals surface area (Å²) in [5.74, 6) is 0. The van der Waals surface area contributed by atoms with Crippen LogP contribution in [-0.4, -0.2) is 18.8 Å². The number of benzene rings is 1. The molecule has 0 bridgehead atoms. The van der Waals surface area contributed by atoms with E-state index in [1.165, 1.54) is 43.2 Å². The standard InChI is InChI=1S/C18H27NO/c1-15-5-4-6-16(13-15)17(9-11-19)10-12-20-18(14-17)7-2-3-8-18/h4-6,13H,2-3,7-12,14,19H2,1H3/t17-/m1/s1. The van der Waals surface area contributed by atoms with Crippen molar-refractivity contribution in [1.29, 1.82) is 0 Å². The van der Waals surface area contributed by atoms with Gasteiger partial charge in [0, 0.05) is 12.0 Å². The van der Waals surface area contributed by atoms with E-state index in [0.29, 0.717) is 0 Å². The largest absolute Gasteiger partial charge is 0.375 e. The number of rotatable bonds is 3. The lowest BCUT2D eigenvalue weighted by Gasteiger charge is -2.47. The summed E-state index contributed by atoms with van der Waals surface area (Å²) in [5.41, 5.74) is 9.19. The zero-order valence-electron chi connectivity index (χ0n) is 12.7. The molecule has 1 aliphatic heterocycles. The first-order valence-electron chi connectivity index (χ1n) is 8.09. The number of aryl methyl sites for hydroxylation is 1. The second-order valence-corrected chi connectivity index (χ2v) is 6.85. The molecule has 0 aromatic heterocycles. The summed E-state index contributed by atoms with van der Waals surface area (Å²) >= 11 is 0. The van der Waals surface area contributed by atoms with E-state index in [1.807, 2.05) is 0 Å². The quantitative estimate of drug-likeness (QED) is 0.911. The van der Waals surface area contributed by atoms with Gasteiger partial charge in [0.15, 0.2) is 0 Å². The molecular weight excluding hydrogens is 246 g/mol. The third-order valence-electron chi connectivity index (χ3n) is 5.42. The fraction of sp³-hybridized carbons (Fsp3) is 0.667. The van der Waals surface area contributed by atoms with Crippen LogP contribution in [0.5, 0.6) is 0 Å². The number of ether oxygens (including phenoxy) is 1. The summed E-state index contributed by atoms with van der Waals surface area (Å²) in [6.45, 7) is 3.85. The first kappa shape index (κ1) is 14.1. The van der Waals surface area contributed by atoms with Crippen molar-refractivity contribution in [3.63, 3.8) is 0 Å². The maximum absolute atomic E-state index is 6.24. The predicted molar refractivity (Wildman–Crippen MR) is 82.9 cm³/mol. The molecule has 1 aliphatic carbocycles. The molecule has 3 rings (SSSR count). The molecule has 1 atom stereocenters. The summed E-state index contributed by atoms with van der Waals surface area (Å²) in [7, 11) is 0. The Bertz CT molecular complexity index is 460. The van der Waals surface area contributed by atoms with Crippen LogP contribution in [0.15, 0.2) is 24.3 Å². The van der Waals surface area contributed by atoms with Crippen molar-refractivity contribution in [3.8, 4) is 0 Å². The second-order valence-electron chi connectivity index (χ2n) is 6.85. The summed E-state index contributed by atoms with van der Waals surface area (Å²) < 4.78 is 6.24. The first-order valence-corrected chi connectivity index (χ1v) is 8.09. The molecule has 1 saturated carbocycles. The van der Waals surface area contributed by atoms with Crippen LogP contribution >= 0.6 is 0 Å². The van der Waals surface area contributed by atoms with Crippen molar-refractivity contribution in [2.45, 2.75) is 62.9 Å². The molecular formula is C18H27NO. The van der Waals surface area contributed by atoms with Crippen LogP contribution in [0.4, 0.5) is 0 Å². The number of hydrogen-bond acceptors (Lipinski definition) is 2. The Balaban J connectivity index is 1.94. The Morgan fingerprint density at radius 3 is 2.70 bits per heavy atom. The Kier molecular flexibility index (Phi) is 3.87. The maximum atomic E-state index is 6.24. The van der Waals surface area contributed by atoms with Crippen LogP contribution in [-0.2, 0) is 10.2 Å². The highest BCUT2D eigenvalue weighted by molar-refractivity contribution is 5.31. The van der Waals surface area contributed by atoms with Gasteiger partial charge in [0.05, 0.1) is 5.60 Å². The number of nitrogens with two attached hydrogens (primary N) is 1. The molecule has 2 heteroatoms. The molecule has 2 fully saturated rings. The molecule has 1 heterocycles. The van der Waals surface area contributed by atoms with Crippen molar-refractivity contribution in [1.82, 2.24) is 0 Å². The molecule has 0 unspecified atom stereocenters. The van der Waals surface area contributed by atoms with Crippen molar-refractivity contribution in [3.05, 3.63) is 35.4 Å². The van der Waals surface area contributed by atoms with Gasteiger partial charge in [-0.05, 0) is 51.1 Å². The van der Waals surface area contributed by atoms with E-state index in [2.05, 4.69) is 31.2 Å². The van der Waals surface area contributed by atoms with Crippen molar-refractivity contribution < 1.29 is 4.74 Å². The third kappa shape index (κ3) is 2.51. The molecule has 0 amide bonds. The summed E-state index contributed by atoms with van der Waals surface area (Å²) in [6.07, 6.45) is 8.51. The van der Waals surface area contributed by atoms with Crippen LogP contribution < -0.4 is 5.73 Å². The van der Waals surface area contributed by atoms with Gasteiger partial charge in [-0.2, -0.15) is 0 Å². The normalized spacial score (nSPS) is 28.9. The predicted octanol–water partition coefficient (Wildman–Crippen LogP) is 3.70. The lowest BCUT2D eigenvalue weighted by atomic mass is 9.66. The lowest BCUT2D eigenvalue weighted by Crippen LogP contribution is -2.46. The Hall–Kier alpha value is -0.860. The zero-order valence-corrected chi connectivity index (χ0v) is 12.7. The average molecular weight is 273 g/mol. The highest BCUT2D eigenvalue weighted by Crippen LogP contribution is 2.50. The van der Waals surface area contributed by atoms with Crippen LogP contribution in [0.3, 0.4) is 0 Å². The van der Waals surface area contributed by atoms with E-state index in [-0.39, 0.29) is 11.0 Å². The maximum Gasteiger partial charge on any atom is 0.0691 e. The van der Waals surface area contributed by atoms with E-state index in [0.717, 1.165) is 26.0 Å². The highest BCUT2D eigenvalue weighted by atomic mass is 16.5. The van der Waals surface area contributed by atoms with Crippen molar-refractivity contribution >= 4 is 0 Å². The summed E-state index contributed by atoms with van der Waals surface area (Å²) in [4.78, 5) is 0. The van der Waals surface area contributed by atoms with Crippen LogP contribution in [0, 0.1) is 6.92 Å². The van der Waals surface area contributed by atoms with Gasteiger partial charge in [0.2, 0.25) is 0 Å². The minimum atomic E-state index is 0.150. The third-order valence-corrected chi connectivity index (χ3v) is 5.42. The van der Waals surface area contributed by atoms with Gasteiger partial charge in [-0.15, -0.1) is 0 Å². The van der Waals surface area contributed by atoms with Crippen molar-refractivity contribution in [2.24, 2.45) is 5.73 Å². The molecule has 20 heavy (non-hydrogen) atoms. The topological polar surface area (TPSA) is 35.2 Å². The molecule has 2 nitrogen and oxygen atoms in total. The average Bonchev–Trinajstić information content (AvgIpc) is 2.87. The highest BCUT2D eigenvalue weighted by Gasteiger charge is 2.47. The van der Waals surface area contributed by atoms with Gasteiger partial charge in [-0.3, -0.25) is 0 Å². The van der Waals surface area contributed by atoms with E-state index in [9.17, 15) is 0 Å². The Morgan fingerprint density at radius 2 is 2.00 bits per heavy atom. The minimum absolute atomic E-state index is 0.150. The van der Waals surface area contributed by atoms with Crippen LogP contribution in [0.1, 0.15) is 56.1 Å². The fourth-order valence-electron chi connectivity index (χ4n) is 4.41. The molecule has 2 N–H and O–H groups in total. The van der Waals surface area contributed by atoms with Crippen LogP contribution in [0.25, 0.3) is 0 Å².